The van der Waals surface area contributed by atoms with Gasteiger partial charge in [-0.2, -0.15) is 0 Å². The third-order valence-corrected chi connectivity index (χ3v) is 3.14. The summed E-state index contributed by atoms with van der Waals surface area (Å²) in [6.45, 7) is 0.0766. The number of aliphatic hydroxyl groups is 1. The summed E-state index contributed by atoms with van der Waals surface area (Å²) in [6, 6.07) is 3.89. The number of rotatable bonds is 4. The fraction of sp³-hybridized carbons (Fsp3) is 0.357. The number of ether oxygens (including phenoxy) is 1. The molecule has 19 heavy (non-hydrogen) atoms. The van der Waals surface area contributed by atoms with Gasteiger partial charge in [-0.3, -0.25) is 4.79 Å². The van der Waals surface area contributed by atoms with Gasteiger partial charge in [0.05, 0.1) is 7.11 Å². The van der Waals surface area contributed by atoms with Gasteiger partial charge in [-0.05, 0) is 24.6 Å². The Morgan fingerprint density at radius 3 is 2.95 bits per heavy atom. The molecule has 2 rings (SSSR count). The summed E-state index contributed by atoms with van der Waals surface area (Å²) in [5, 5.41) is 11.8. The SMILES string of the molecule is COc1cc(C(=O)N[C@@H]2C=C[C@H](CO)C2)ccc1F. The Morgan fingerprint density at radius 2 is 2.32 bits per heavy atom. The zero-order valence-electron chi connectivity index (χ0n) is 10.6. The Balaban J connectivity index is 2.03. The minimum absolute atomic E-state index is 0.0443. The monoisotopic (exact) mass is 265 g/mol. The summed E-state index contributed by atoms with van der Waals surface area (Å²) >= 11 is 0. The van der Waals surface area contributed by atoms with E-state index in [0.717, 1.165) is 0 Å². The lowest BCUT2D eigenvalue weighted by Gasteiger charge is -2.13. The summed E-state index contributed by atoms with van der Waals surface area (Å²) in [6.07, 6.45) is 4.43. The molecular weight excluding hydrogens is 249 g/mol. The number of hydrogen-bond donors (Lipinski definition) is 2. The molecular formula is C14H16FNO3. The lowest BCUT2D eigenvalue weighted by molar-refractivity contribution is 0.0940. The smallest absolute Gasteiger partial charge is 0.251 e. The van der Waals surface area contributed by atoms with Crippen LogP contribution in [-0.2, 0) is 0 Å². The number of hydrogen-bond acceptors (Lipinski definition) is 3. The number of carbonyl (C=O) groups is 1. The van der Waals surface area contributed by atoms with Crippen LogP contribution in [0.4, 0.5) is 4.39 Å². The molecule has 5 heteroatoms. The maximum Gasteiger partial charge on any atom is 0.251 e. The second-order valence-electron chi connectivity index (χ2n) is 4.49. The summed E-state index contributed by atoms with van der Waals surface area (Å²) in [5.41, 5.74) is 0.346. The summed E-state index contributed by atoms with van der Waals surface area (Å²) in [7, 11) is 1.35. The molecule has 1 aromatic rings. The van der Waals surface area contributed by atoms with E-state index in [4.69, 9.17) is 9.84 Å². The quantitative estimate of drug-likeness (QED) is 0.811. The van der Waals surface area contributed by atoms with Gasteiger partial charge in [0.15, 0.2) is 11.6 Å². The highest BCUT2D eigenvalue weighted by Crippen LogP contribution is 2.20. The second kappa shape index (κ2) is 5.84. The highest BCUT2D eigenvalue weighted by Gasteiger charge is 2.20. The number of methoxy groups -OCH3 is 1. The van der Waals surface area contributed by atoms with Crippen LogP contribution in [0, 0.1) is 11.7 Å². The Morgan fingerprint density at radius 1 is 1.53 bits per heavy atom. The van der Waals surface area contributed by atoms with Gasteiger partial charge < -0.3 is 15.2 Å². The van der Waals surface area contributed by atoms with Crippen LogP contribution in [0.1, 0.15) is 16.8 Å². The molecule has 0 bridgehead atoms. The largest absolute Gasteiger partial charge is 0.494 e. The molecule has 1 amide bonds. The van der Waals surface area contributed by atoms with E-state index in [1.807, 2.05) is 12.2 Å². The number of benzene rings is 1. The molecule has 0 fully saturated rings. The van der Waals surface area contributed by atoms with Crippen molar-refractivity contribution < 1.29 is 19.0 Å². The zero-order chi connectivity index (χ0) is 13.8. The predicted molar refractivity (Wildman–Crippen MR) is 68.5 cm³/mol. The van der Waals surface area contributed by atoms with Gasteiger partial charge in [-0.25, -0.2) is 4.39 Å². The van der Waals surface area contributed by atoms with E-state index in [1.54, 1.807) is 0 Å². The van der Waals surface area contributed by atoms with Crippen LogP contribution in [0.3, 0.4) is 0 Å². The van der Waals surface area contributed by atoms with Gasteiger partial charge in [-0.1, -0.05) is 12.2 Å². The van der Waals surface area contributed by atoms with Crippen LogP contribution < -0.4 is 10.1 Å². The third-order valence-electron chi connectivity index (χ3n) is 3.14. The van der Waals surface area contributed by atoms with Gasteiger partial charge in [0.25, 0.3) is 5.91 Å². The van der Waals surface area contributed by atoms with Gasteiger partial charge in [-0.15, -0.1) is 0 Å². The van der Waals surface area contributed by atoms with Crippen molar-refractivity contribution in [2.45, 2.75) is 12.5 Å². The molecule has 0 saturated carbocycles. The Hall–Kier alpha value is -1.88. The average Bonchev–Trinajstić information content (AvgIpc) is 2.86. The first-order valence-corrected chi connectivity index (χ1v) is 6.07. The van der Waals surface area contributed by atoms with Crippen LogP contribution in [0.25, 0.3) is 0 Å². The van der Waals surface area contributed by atoms with E-state index in [-0.39, 0.29) is 30.2 Å². The van der Waals surface area contributed by atoms with Crippen LogP contribution in [0.5, 0.6) is 5.75 Å². The van der Waals surface area contributed by atoms with Crippen molar-refractivity contribution >= 4 is 5.91 Å². The first-order valence-electron chi connectivity index (χ1n) is 6.07. The third kappa shape index (κ3) is 3.12. The number of carbonyl (C=O) groups excluding carboxylic acids is 1. The highest BCUT2D eigenvalue weighted by molar-refractivity contribution is 5.94. The molecule has 1 aromatic carbocycles. The van der Waals surface area contributed by atoms with Crippen molar-refractivity contribution in [3.63, 3.8) is 0 Å². The number of halogens is 1. The van der Waals surface area contributed by atoms with E-state index in [0.29, 0.717) is 12.0 Å². The zero-order valence-corrected chi connectivity index (χ0v) is 10.6. The van der Waals surface area contributed by atoms with Crippen LogP contribution in [0.15, 0.2) is 30.4 Å². The van der Waals surface area contributed by atoms with Crippen molar-refractivity contribution in [1.82, 2.24) is 5.32 Å². The van der Waals surface area contributed by atoms with Crippen molar-refractivity contribution in [1.29, 1.82) is 0 Å². The van der Waals surface area contributed by atoms with Crippen LogP contribution >= 0.6 is 0 Å². The molecule has 0 radical (unpaired) electrons. The molecule has 0 aromatic heterocycles. The molecule has 0 unspecified atom stereocenters. The van der Waals surface area contributed by atoms with E-state index >= 15 is 0 Å². The number of nitrogens with one attached hydrogen (secondary N) is 1. The fourth-order valence-electron chi connectivity index (χ4n) is 2.07. The minimum atomic E-state index is -0.500. The van der Waals surface area contributed by atoms with Gasteiger partial charge in [0.2, 0.25) is 0 Å². The standard InChI is InChI=1S/C14H16FNO3/c1-19-13-7-10(3-5-12(13)15)14(18)16-11-4-2-9(6-11)8-17/h2-5,7,9,11,17H,6,8H2,1H3,(H,16,18)/t9-,11+/m0/s1. The Bertz CT molecular complexity index is 501. The molecule has 1 aliphatic rings. The Kier molecular flexibility index (Phi) is 4.16. The lowest BCUT2D eigenvalue weighted by atomic mass is 10.1. The summed E-state index contributed by atoms with van der Waals surface area (Å²) in [4.78, 5) is 12.0. The van der Waals surface area contributed by atoms with Gasteiger partial charge >= 0.3 is 0 Å². The molecule has 0 saturated heterocycles. The van der Waals surface area contributed by atoms with E-state index in [2.05, 4.69) is 5.32 Å². The molecule has 0 aliphatic heterocycles. The maximum atomic E-state index is 13.2. The molecule has 2 atom stereocenters. The van der Waals surface area contributed by atoms with Crippen molar-refractivity contribution in [2.75, 3.05) is 13.7 Å². The van der Waals surface area contributed by atoms with Gasteiger partial charge in [0.1, 0.15) is 0 Å². The van der Waals surface area contributed by atoms with Crippen molar-refractivity contribution in [3.8, 4) is 5.75 Å². The molecule has 2 N–H and O–H groups in total. The molecule has 102 valence electrons. The fourth-order valence-corrected chi connectivity index (χ4v) is 2.07. The molecule has 1 aliphatic carbocycles. The van der Waals surface area contributed by atoms with Crippen molar-refractivity contribution in [3.05, 3.63) is 41.7 Å². The number of aliphatic hydroxyl groups excluding tert-OH is 1. The van der Waals surface area contributed by atoms with E-state index in [9.17, 15) is 9.18 Å². The highest BCUT2D eigenvalue weighted by atomic mass is 19.1. The maximum absolute atomic E-state index is 13.2. The molecule has 0 spiro atoms. The first-order chi connectivity index (χ1) is 9.13. The topological polar surface area (TPSA) is 58.6 Å². The van der Waals surface area contributed by atoms with Crippen LogP contribution in [0.2, 0.25) is 0 Å². The van der Waals surface area contributed by atoms with E-state index < -0.39 is 5.82 Å². The van der Waals surface area contributed by atoms with Crippen LogP contribution in [-0.4, -0.2) is 30.8 Å². The average molecular weight is 265 g/mol. The van der Waals surface area contributed by atoms with Crippen molar-refractivity contribution in [2.24, 2.45) is 5.92 Å². The molecule has 0 heterocycles. The second-order valence-corrected chi connectivity index (χ2v) is 4.49. The summed E-state index contributed by atoms with van der Waals surface area (Å²) in [5.74, 6) is -0.650. The Labute approximate surface area is 110 Å². The predicted octanol–water partition coefficient (Wildman–Crippen LogP) is 1.50. The molecule has 4 nitrogen and oxygen atoms in total. The first kappa shape index (κ1) is 13.5. The lowest BCUT2D eigenvalue weighted by Crippen LogP contribution is -2.32. The normalized spacial score (nSPS) is 21.4. The number of amides is 1. The van der Waals surface area contributed by atoms with Gasteiger partial charge in [0, 0.05) is 24.1 Å². The van der Waals surface area contributed by atoms with E-state index in [1.165, 1.54) is 25.3 Å². The minimum Gasteiger partial charge on any atom is -0.494 e. The summed E-state index contributed by atoms with van der Waals surface area (Å²) < 4.78 is 18.1.